The zero-order valence-corrected chi connectivity index (χ0v) is 17.9. The van der Waals surface area contributed by atoms with E-state index in [1.54, 1.807) is 19.0 Å². The van der Waals surface area contributed by atoms with Crippen molar-refractivity contribution in [2.24, 2.45) is 5.92 Å². The normalized spacial score (nSPS) is 24.8. The van der Waals surface area contributed by atoms with Gasteiger partial charge in [-0.3, -0.25) is 4.79 Å². The summed E-state index contributed by atoms with van der Waals surface area (Å²) < 4.78 is 5.55. The van der Waals surface area contributed by atoms with Crippen molar-refractivity contribution in [1.82, 2.24) is 14.7 Å². The fourth-order valence-electron chi connectivity index (χ4n) is 5.24. The van der Waals surface area contributed by atoms with Gasteiger partial charge in [0.2, 0.25) is 5.91 Å². The molecule has 2 saturated heterocycles. The van der Waals surface area contributed by atoms with Gasteiger partial charge in [0, 0.05) is 58.9 Å². The van der Waals surface area contributed by atoms with Crippen molar-refractivity contribution >= 4 is 11.9 Å². The van der Waals surface area contributed by atoms with Crippen LogP contribution in [0.15, 0.2) is 0 Å². The third-order valence-electron chi connectivity index (χ3n) is 6.81. The van der Waals surface area contributed by atoms with Crippen LogP contribution in [-0.2, 0) is 9.53 Å². The second-order valence-electron chi connectivity index (χ2n) is 9.11. The van der Waals surface area contributed by atoms with Crippen molar-refractivity contribution in [1.29, 1.82) is 0 Å². The number of carbonyl (C=O) groups is 2. The number of likely N-dealkylation sites (tertiary alicyclic amines) is 1. The van der Waals surface area contributed by atoms with Crippen LogP contribution in [0.2, 0.25) is 0 Å². The van der Waals surface area contributed by atoms with Crippen LogP contribution in [0.1, 0.15) is 70.6 Å². The molecule has 3 amide bonds. The Kier molecular flexibility index (Phi) is 8.00. The van der Waals surface area contributed by atoms with E-state index < -0.39 is 0 Å². The lowest BCUT2D eigenvalue weighted by Gasteiger charge is -2.44. The Balaban J connectivity index is 1.65. The van der Waals surface area contributed by atoms with E-state index in [2.05, 4.69) is 4.90 Å². The van der Waals surface area contributed by atoms with Crippen LogP contribution >= 0.6 is 0 Å². The number of carbonyl (C=O) groups excluding carboxylic acids is 2. The third-order valence-corrected chi connectivity index (χ3v) is 6.81. The summed E-state index contributed by atoms with van der Waals surface area (Å²) in [5, 5.41) is 0. The first-order valence-electron chi connectivity index (χ1n) is 11.4. The lowest BCUT2D eigenvalue weighted by atomic mass is 9.86. The zero-order valence-electron chi connectivity index (χ0n) is 17.9. The van der Waals surface area contributed by atoms with Crippen molar-refractivity contribution in [2.45, 2.75) is 82.7 Å². The minimum atomic E-state index is 0.0614. The highest BCUT2D eigenvalue weighted by Crippen LogP contribution is 2.29. The average molecular weight is 394 g/mol. The third kappa shape index (κ3) is 5.62. The van der Waals surface area contributed by atoms with Gasteiger partial charge in [-0.25, -0.2) is 4.79 Å². The molecule has 0 aromatic carbocycles. The van der Waals surface area contributed by atoms with Gasteiger partial charge < -0.3 is 19.4 Å². The molecule has 0 radical (unpaired) electrons. The summed E-state index contributed by atoms with van der Waals surface area (Å²) in [6.07, 6.45) is 12.1. The molecule has 1 atom stereocenters. The number of hydrogen-bond donors (Lipinski definition) is 0. The SMILES string of the molecule is CN(C)C(=O)N1CCCC(N(C(=O)CCC2CCCCC2)C2CCOCC2)C1. The molecule has 1 unspecified atom stereocenters. The quantitative estimate of drug-likeness (QED) is 0.718. The maximum Gasteiger partial charge on any atom is 0.319 e. The lowest BCUT2D eigenvalue weighted by molar-refractivity contribution is -0.140. The summed E-state index contributed by atoms with van der Waals surface area (Å²) in [5.74, 6) is 1.04. The van der Waals surface area contributed by atoms with E-state index in [4.69, 9.17) is 4.74 Å². The Morgan fingerprint density at radius 1 is 0.929 bits per heavy atom. The topological polar surface area (TPSA) is 53.1 Å². The highest BCUT2D eigenvalue weighted by Gasteiger charge is 2.35. The molecule has 28 heavy (non-hydrogen) atoms. The van der Waals surface area contributed by atoms with Crippen molar-refractivity contribution in [3.05, 3.63) is 0 Å². The van der Waals surface area contributed by atoms with Crippen molar-refractivity contribution in [3.63, 3.8) is 0 Å². The maximum absolute atomic E-state index is 13.4. The number of nitrogens with zero attached hydrogens (tertiary/aromatic N) is 3. The van der Waals surface area contributed by atoms with Crippen molar-refractivity contribution in [3.8, 4) is 0 Å². The molecule has 0 aromatic rings. The van der Waals surface area contributed by atoms with Crippen LogP contribution in [0.25, 0.3) is 0 Å². The molecule has 0 spiro atoms. The standard InChI is InChI=1S/C22H39N3O3/c1-23(2)22(27)24-14-6-9-20(17-24)25(19-12-15-28-16-13-19)21(26)11-10-18-7-4-3-5-8-18/h18-20H,3-17H2,1-2H3. The Morgan fingerprint density at radius 3 is 2.32 bits per heavy atom. The molecule has 6 heteroatoms. The Labute approximate surface area is 170 Å². The molecule has 6 nitrogen and oxygen atoms in total. The van der Waals surface area contributed by atoms with Gasteiger partial charge in [0.25, 0.3) is 0 Å². The van der Waals surface area contributed by atoms with E-state index in [1.165, 1.54) is 32.1 Å². The predicted molar refractivity (Wildman–Crippen MR) is 110 cm³/mol. The number of ether oxygens (including phenoxy) is 1. The molecule has 2 heterocycles. The maximum atomic E-state index is 13.4. The van der Waals surface area contributed by atoms with Crippen LogP contribution in [0.5, 0.6) is 0 Å². The summed E-state index contributed by atoms with van der Waals surface area (Å²) in [4.78, 5) is 31.6. The van der Waals surface area contributed by atoms with Gasteiger partial charge in [-0.05, 0) is 38.0 Å². The van der Waals surface area contributed by atoms with Crippen LogP contribution in [0.4, 0.5) is 4.79 Å². The molecule has 1 saturated carbocycles. The monoisotopic (exact) mass is 393 g/mol. The number of piperidine rings is 1. The average Bonchev–Trinajstić information content (AvgIpc) is 2.73. The van der Waals surface area contributed by atoms with Gasteiger partial charge in [0.1, 0.15) is 0 Å². The number of amides is 3. The summed E-state index contributed by atoms with van der Waals surface area (Å²) >= 11 is 0. The fraction of sp³-hybridized carbons (Fsp3) is 0.909. The second kappa shape index (κ2) is 10.5. The van der Waals surface area contributed by atoms with Gasteiger partial charge in [0.05, 0.1) is 0 Å². The van der Waals surface area contributed by atoms with E-state index in [-0.39, 0.29) is 18.1 Å². The summed E-state index contributed by atoms with van der Waals surface area (Å²) in [7, 11) is 3.61. The van der Waals surface area contributed by atoms with Crippen LogP contribution in [-0.4, -0.2) is 79.1 Å². The molecule has 1 aliphatic carbocycles. The van der Waals surface area contributed by atoms with Crippen molar-refractivity contribution in [2.75, 3.05) is 40.4 Å². The number of hydrogen-bond acceptors (Lipinski definition) is 3. The Morgan fingerprint density at radius 2 is 1.64 bits per heavy atom. The van der Waals surface area contributed by atoms with Crippen LogP contribution < -0.4 is 0 Å². The highest BCUT2D eigenvalue weighted by molar-refractivity contribution is 5.77. The molecule has 3 fully saturated rings. The van der Waals surface area contributed by atoms with E-state index >= 15 is 0 Å². The first kappa shape index (κ1) is 21.4. The predicted octanol–water partition coefficient (Wildman–Crippen LogP) is 3.50. The summed E-state index contributed by atoms with van der Waals surface area (Å²) in [6.45, 7) is 2.95. The molecule has 0 bridgehead atoms. The number of rotatable bonds is 5. The van der Waals surface area contributed by atoms with E-state index in [0.29, 0.717) is 18.9 Å². The van der Waals surface area contributed by atoms with Crippen LogP contribution in [0.3, 0.4) is 0 Å². The minimum Gasteiger partial charge on any atom is -0.381 e. The largest absolute Gasteiger partial charge is 0.381 e. The zero-order chi connectivity index (χ0) is 19.9. The van der Waals surface area contributed by atoms with Crippen LogP contribution in [0, 0.1) is 5.92 Å². The van der Waals surface area contributed by atoms with Gasteiger partial charge >= 0.3 is 6.03 Å². The molecule has 3 rings (SSSR count). The Hall–Kier alpha value is -1.30. The van der Waals surface area contributed by atoms with Gasteiger partial charge in [0.15, 0.2) is 0 Å². The van der Waals surface area contributed by atoms with Gasteiger partial charge in [-0.15, -0.1) is 0 Å². The molecule has 0 N–H and O–H groups in total. The highest BCUT2D eigenvalue weighted by atomic mass is 16.5. The second-order valence-corrected chi connectivity index (χ2v) is 9.11. The first-order valence-corrected chi connectivity index (χ1v) is 11.4. The lowest BCUT2D eigenvalue weighted by Crippen LogP contribution is -2.57. The first-order chi connectivity index (χ1) is 13.6. The molecule has 2 aliphatic heterocycles. The number of urea groups is 1. The summed E-state index contributed by atoms with van der Waals surface area (Å²) in [5.41, 5.74) is 0. The molecule has 0 aromatic heterocycles. The van der Waals surface area contributed by atoms with Gasteiger partial charge in [-0.1, -0.05) is 32.1 Å². The fourth-order valence-corrected chi connectivity index (χ4v) is 5.24. The van der Waals surface area contributed by atoms with E-state index in [9.17, 15) is 9.59 Å². The molecule has 3 aliphatic rings. The molecular weight excluding hydrogens is 354 g/mol. The molecular formula is C22H39N3O3. The summed E-state index contributed by atoms with van der Waals surface area (Å²) in [6, 6.07) is 0.484. The Bertz CT molecular complexity index is 513. The van der Waals surface area contributed by atoms with Gasteiger partial charge in [-0.2, -0.15) is 0 Å². The smallest absolute Gasteiger partial charge is 0.319 e. The van der Waals surface area contributed by atoms with E-state index in [1.807, 2.05) is 4.90 Å². The molecule has 160 valence electrons. The minimum absolute atomic E-state index is 0.0614. The van der Waals surface area contributed by atoms with E-state index in [0.717, 1.165) is 57.8 Å². The van der Waals surface area contributed by atoms with Crippen molar-refractivity contribution < 1.29 is 14.3 Å².